The SMILES string of the molecule is Cc1nc(C(F)(F)F)ccc1C(=O)NC1C[C@@H](C(F)(F)F)C[C@H](C(F)(F)F)C1. The van der Waals surface area contributed by atoms with Crippen LogP contribution in [0.4, 0.5) is 39.5 Å². The number of rotatable bonds is 2. The Morgan fingerprint density at radius 2 is 1.43 bits per heavy atom. The maximum Gasteiger partial charge on any atom is 0.433 e. The molecule has 0 saturated heterocycles. The summed E-state index contributed by atoms with van der Waals surface area (Å²) in [4.78, 5) is 15.4. The number of aromatic nitrogens is 1. The molecule has 1 N–H and O–H groups in total. The number of alkyl halides is 9. The van der Waals surface area contributed by atoms with Gasteiger partial charge in [-0.25, -0.2) is 4.98 Å². The molecule has 1 fully saturated rings. The Morgan fingerprint density at radius 3 is 1.82 bits per heavy atom. The van der Waals surface area contributed by atoms with Gasteiger partial charge in [0, 0.05) is 6.04 Å². The largest absolute Gasteiger partial charge is 0.433 e. The highest BCUT2D eigenvalue weighted by Gasteiger charge is 2.52. The summed E-state index contributed by atoms with van der Waals surface area (Å²) >= 11 is 0. The first-order chi connectivity index (χ1) is 12.6. The third-order valence-electron chi connectivity index (χ3n) is 4.59. The van der Waals surface area contributed by atoms with Gasteiger partial charge in [-0.3, -0.25) is 4.79 Å². The molecule has 1 aromatic rings. The molecular formula is C16H15F9N2O. The second-order valence-electron chi connectivity index (χ2n) is 6.68. The lowest BCUT2D eigenvalue weighted by Crippen LogP contribution is -2.47. The summed E-state index contributed by atoms with van der Waals surface area (Å²) < 4.78 is 116. The summed E-state index contributed by atoms with van der Waals surface area (Å²) in [6, 6.07) is -0.132. The number of nitrogens with one attached hydrogen (secondary N) is 1. The van der Waals surface area contributed by atoms with Crippen molar-refractivity contribution in [3.63, 3.8) is 0 Å². The van der Waals surface area contributed by atoms with Crippen LogP contribution < -0.4 is 5.32 Å². The summed E-state index contributed by atoms with van der Waals surface area (Å²) in [5, 5.41) is 2.08. The van der Waals surface area contributed by atoms with Crippen LogP contribution in [0.15, 0.2) is 12.1 Å². The molecule has 158 valence electrons. The Bertz CT molecular complexity index is 702. The first kappa shape index (κ1) is 22.3. The molecular weight excluding hydrogens is 407 g/mol. The summed E-state index contributed by atoms with van der Waals surface area (Å²) in [7, 11) is 0. The zero-order valence-corrected chi connectivity index (χ0v) is 14.3. The third kappa shape index (κ3) is 5.28. The molecule has 0 spiro atoms. The molecule has 1 heterocycles. The molecule has 1 amide bonds. The summed E-state index contributed by atoms with van der Waals surface area (Å²) in [6.45, 7) is 1.09. The van der Waals surface area contributed by atoms with Crippen molar-refractivity contribution in [1.82, 2.24) is 10.3 Å². The molecule has 1 saturated carbocycles. The molecule has 12 heteroatoms. The first-order valence-electron chi connectivity index (χ1n) is 8.08. The van der Waals surface area contributed by atoms with Gasteiger partial charge < -0.3 is 5.32 Å². The van der Waals surface area contributed by atoms with E-state index >= 15 is 0 Å². The number of hydrogen-bond acceptors (Lipinski definition) is 2. The van der Waals surface area contributed by atoms with Gasteiger partial charge in [0.05, 0.1) is 23.1 Å². The van der Waals surface area contributed by atoms with E-state index in [-0.39, 0.29) is 11.3 Å². The van der Waals surface area contributed by atoms with E-state index in [0.717, 1.165) is 13.0 Å². The number of halogens is 9. The van der Waals surface area contributed by atoms with E-state index in [9.17, 15) is 44.3 Å². The Labute approximate surface area is 153 Å². The predicted molar refractivity (Wildman–Crippen MR) is 78.2 cm³/mol. The minimum atomic E-state index is -4.86. The van der Waals surface area contributed by atoms with E-state index in [4.69, 9.17) is 0 Å². The van der Waals surface area contributed by atoms with E-state index in [0.29, 0.717) is 6.07 Å². The van der Waals surface area contributed by atoms with Crippen LogP contribution in [0.25, 0.3) is 0 Å². The molecule has 3 nitrogen and oxygen atoms in total. The zero-order chi connectivity index (χ0) is 21.5. The summed E-state index contributed by atoms with van der Waals surface area (Å²) in [5.41, 5.74) is -1.97. The monoisotopic (exact) mass is 422 g/mol. The van der Waals surface area contributed by atoms with E-state index in [1.807, 2.05) is 0 Å². The smallest absolute Gasteiger partial charge is 0.349 e. The first-order valence-corrected chi connectivity index (χ1v) is 8.08. The number of carbonyl (C=O) groups is 1. The molecule has 0 radical (unpaired) electrons. The maximum absolute atomic E-state index is 13.0. The van der Waals surface area contributed by atoms with Gasteiger partial charge in [-0.2, -0.15) is 39.5 Å². The van der Waals surface area contributed by atoms with Crippen molar-refractivity contribution in [3.05, 3.63) is 29.1 Å². The lowest BCUT2D eigenvalue weighted by molar-refractivity contribution is -0.225. The van der Waals surface area contributed by atoms with Gasteiger partial charge in [0.2, 0.25) is 0 Å². The van der Waals surface area contributed by atoms with Crippen LogP contribution in [0, 0.1) is 18.8 Å². The standard InChI is InChI=1S/C16H15F9N2O/c1-7-11(2-3-12(26-7)16(23,24)25)13(28)27-10-5-8(14(17,18)19)4-9(6-10)15(20,21)22/h2-3,8-10H,4-6H2,1H3,(H,27,28)/t8-,9-/m0/s1. The molecule has 1 aromatic heterocycles. The molecule has 0 aromatic carbocycles. The van der Waals surface area contributed by atoms with Crippen molar-refractivity contribution in [2.75, 3.05) is 0 Å². The number of nitrogens with zero attached hydrogens (tertiary/aromatic N) is 1. The predicted octanol–water partition coefficient (Wildman–Crippen LogP) is 5.05. The second kappa shape index (κ2) is 7.43. The third-order valence-corrected chi connectivity index (χ3v) is 4.59. The Balaban J connectivity index is 2.20. The van der Waals surface area contributed by atoms with Crippen molar-refractivity contribution in [2.24, 2.45) is 11.8 Å². The Morgan fingerprint density at radius 1 is 0.929 bits per heavy atom. The fourth-order valence-corrected chi connectivity index (χ4v) is 3.19. The molecule has 1 aliphatic rings. The fourth-order valence-electron chi connectivity index (χ4n) is 3.19. The minimum absolute atomic E-state index is 0.345. The molecule has 0 bridgehead atoms. The number of carbonyl (C=O) groups excluding carboxylic acids is 1. The highest BCUT2D eigenvalue weighted by molar-refractivity contribution is 5.95. The average molecular weight is 422 g/mol. The van der Waals surface area contributed by atoms with Gasteiger partial charge in [-0.1, -0.05) is 0 Å². The van der Waals surface area contributed by atoms with Crippen LogP contribution in [0.2, 0.25) is 0 Å². The quantitative estimate of drug-likeness (QED) is 0.678. The van der Waals surface area contributed by atoms with Crippen LogP contribution in [-0.2, 0) is 6.18 Å². The van der Waals surface area contributed by atoms with Gasteiger partial charge in [0.1, 0.15) is 5.69 Å². The highest BCUT2D eigenvalue weighted by Crippen LogP contribution is 2.45. The van der Waals surface area contributed by atoms with Crippen molar-refractivity contribution in [3.8, 4) is 0 Å². The van der Waals surface area contributed by atoms with Crippen LogP contribution >= 0.6 is 0 Å². The van der Waals surface area contributed by atoms with Gasteiger partial charge in [-0.15, -0.1) is 0 Å². The molecule has 28 heavy (non-hydrogen) atoms. The van der Waals surface area contributed by atoms with Crippen molar-refractivity contribution < 1.29 is 44.3 Å². The van der Waals surface area contributed by atoms with Crippen molar-refractivity contribution in [2.45, 2.75) is 50.8 Å². The van der Waals surface area contributed by atoms with Gasteiger partial charge >= 0.3 is 18.5 Å². The molecule has 0 aliphatic heterocycles. The van der Waals surface area contributed by atoms with Crippen molar-refractivity contribution in [1.29, 1.82) is 0 Å². The Hall–Kier alpha value is -2.01. The lowest BCUT2D eigenvalue weighted by Gasteiger charge is -2.37. The summed E-state index contributed by atoms with van der Waals surface area (Å²) in [6.07, 6.45) is -17.1. The Kier molecular flexibility index (Phi) is 5.91. The van der Waals surface area contributed by atoms with Gasteiger partial charge in [0.25, 0.3) is 5.91 Å². The molecule has 2 atom stereocenters. The highest BCUT2D eigenvalue weighted by atomic mass is 19.4. The van der Waals surface area contributed by atoms with Crippen molar-refractivity contribution >= 4 is 5.91 Å². The number of amides is 1. The molecule has 1 aliphatic carbocycles. The normalized spacial score (nSPS) is 24.1. The topological polar surface area (TPSA) is 42.0 Å². The molecule has 0 unspecified atom stereocenters. The average Bonchev–Trinajstić information content (AvgIpc) is 2.51. The fraction of sp³-hybridized carbons (Fsp3) is 0.625. The van der Waals surface area contributed by atoms with Crippen LogP contribution in [0.3, 0.4) is 0 Å². The van der Waals surface area contributed by atoms with Gasteiger partial charge in [-0.05, 0) is 38.3 Å². The second-order valence-corrected chi connectivity index (χ2v) is 6.68. The van der Waals surface area contributed by atoms with E-state index in [1.165, 1.54) is 0 Å². The number of hydrogen-bond donors (Lipinski definition) is 1. The van der Waals surface area contributed by atoms with Gasteiger partial charge in [0.15, 0.2) is 0 Å². The minimum Gasteiger partial charge on any atom is -0.349 e. The molecule has 2 rings (SSSR count). The lowest BCUT2D eigenvalue weighted by atomic mass is 9.77. The number of aryl methyl sites for hydroxylation is 1. The van der Waals surface area contributed by atoms with Crippen LogP contribution in [0.1, 0.15) is 41.0 Å². The van der Waals surface area contributed by atoms with E-state index < -0.39 is 67.3 Å². The van der Waals surface area contributed by atoms with Crippen LogP contribution in [0.5, 0.6) is 0 Å². The van der Waals surface area contributed by atoms with Crippen LogP contribution in [-0.4, -0.2) is 29.3 Å². The van der Waals surface area contributed by atoms with E-state index in [1.54, 1.807) is 0 Å². The zero-order valence-electron chi connectivity index (χ0n) is 14.3. The summed E-state index contributed by atoms with van der Waals surface area (Å²) in [5.74, 6) is -5.57. The number of pyridine rings is 1. The van der Waals surface area contributed by atoms with E-state index in [2.05, 4.69) is 10.3 Å². The maximum atomic E-state index is 13.0.